The van der Waals surface area contributed by atoms with Gasteiger partial charge in [0.05, 0.1) is 27.4 Å². The van der Waals surface area contributed by atoms with Crippen LogP contribution in [0.25, 0.3) is 0 Å². The van der Waals surface area contributed by atoms with Crippen molar-refractivity contribution in [2.45, 2.75) is 9.79 Å². The van der Waals surface area contributed by atoms with E-state index in [4.69, 9.17) is 5.73 Å². The zero-order valence-electron chi connectivity index (χ0n) is 16.9. The van der Waals surface area contributed by atoms with E-state index in [9.17, 15) is 35.5 Å². The van der Waals surface area contributed by atoms with E-state index in [0.29, 0.717) is 0 Å². The average molecular weight is 496 g/mol. The second-order valence-electron chi connectivity index (χ2n) is 6.87. The number of hydrogen-bond acceptors (Lipinski definition) is 9. The molecule has 3 aromatic rings. The molecule has 0 fully saturated rings. The first-order valence-corrected chi connectivity index (χ1v) is 11.7. The van der Waals surface area contributed by atoms with E-state index in [1.807, 2.05) is 0 Å². The number of nitrogens with one attached hydrogen (secondary N) is 1. The van der Waals surface area contributed by atoms with Crippen molar-refractivity contribution >= 4 is 48.9 Å². The van der Waals surface area contributed by atoms with Crippen molar-refractivity contribution in [3.63, 3.8) is 0 Å². The molecular weight excluding hydrogens is 483 g/mol. The Morgan fingerprint density at radius 3 is 1.85 bits per heavy atom. The van der Waals surface area contributed by atoms with Gasteiger partial charge in [-0.3, -0.25) is 14.1 Å². The van der Waals surface area contributed by atoms with Crippen LogP contribution in [0.5, 0.6) is 0 Å². The van der Waals surface area contributed by atoms with E-state index in [1.54, 1.807) is 6.07 Å². The number of nitrogens with two attached hydrogens (primary N) is 1. The van der Waals surface area contributed by atoms with Crippen molar-refractivity contribution in [1.29, 1.82) is 0 Å². The van der Waals surface area contributed by atoms with Gasteiger partial charge in [0, 0.05) is 16.8 Å². The second-order valence-corrected chi connectivity index (χ2v) is 9.64. The molecular formula is C20H13N2NaO8S2. The summed E-state index contributed by atoms with van der Waals surface area (Å²) in [5.41, 5.74) is 4.84. The van der Waals surface area contributed by atoms with Crippen LogP contribution in [-0.2, 0) is 20.2 Å². The molecule has 33 heavy (non-hydrogen) atoms. The van der Waals surface area contributed by atoms with Gasteiger partial charge in [0.15, 0.2) is 11.6 Å². The van der Waals surface area contributed by atoms with Crippen molar-refractivity contribution in [3.05, 3.63) is 76.9 Å². The summed E-state index contributed by atoms with van der Waals surface area (Å²) in [5, 5.41) is 2.73. The van der Waals surface area contributed by atoms with Gasteiger partial charge in [-0.1, -0.05) is 24.3 Å². The molecule has 0 radical (unpaired) electrons. The van der Waals surface area contributed by atoms with Crippen LogP contribution in [0, 0.1) is 0 Å². The Kier molecular flexibility index (Phi) is 6.56. The zero-order valence-corrected chi connectivity index (χ0v) is 20.5. The second kappa shape index (κ2) is 8.65. The van der Waals surface area contributed by atoms with Crippen molar-refractivity contribution in [1.82, 2.24) is 0 Å². The van der Waals surface area contributed by atoms with Gasteiger partial charge in [0.1, 0.15) is 15.0 Å². The molecule has 0 aromatic heterocycles. The maximum Gasteiger partial charge on any atom is 1.00 e. The van der Waals surface area contributed by atoms with Crippen LogP contribution in [0.3, 0.4) is 0 Å². The quantitative estimate of drug-likeness (QED) is 0.179. The van der Waals surface area contributed by atoms with Gasteiger partial charge in [0.25, 0.3) is 10.1 Å². The predicted octanol–water partition coefficient (Wildman–Crippen LogP) is -1.06. The van der Waals surface area contributed by atoms with E-state index in [-0.39, 0.29) is 63.2 Å². The third-order valence-electron chi connectivity index (χ3n) is 4.90. The van der Waals surface area contributed by atoms with Gasteiger partial charge < -0.3 is 15.6 Å². The van der Waals surface area contributed by atoms with Crippen molar-refractivity contribution in [3.8, 4) is 0 Å². The summed E-state index contributed by atoms with van der Waals surface area (Å²) in [6, 6.07) is 11.3. The summed E-state index contributed by atoms with van der Waals surface area (Å²) in [6.45, 7) is 0. The minimum atomic E-state index is -4.88. The molecule has 3 aromatic carbocycles. The van der Waals surface area contributed by atoms with Gasteiger partial charge in [-0.25, -0.2) is 8.42 Å². The molecule has 10 nitrogen and oxygen atoms in total. The molecule has 4 rings (SSSR count). The largest absolute Gasteiger partial charge is 1.00 e. The number of anilines is 3. The molecule has 13 heteroatoms. The summed E-state index contributed by atoms with van der Waals surface area (Å²) in [5.74, 6) is -1.31. The fourth-order valence-electron chi connectivity index (χ4n) is 3.47. The number of nitrogen functional groups attached to an aromatic ring is 1. The van der Waals surface area contributed by atoms with Crippen LogP contribution < -0.4 is 40.6 Å². The summed E-state index contributed by atoms with van der Waals surface area (Å²) in [4.78, 5) is 25.0. The molecule has 0 amide bonds. The van der Waals surface area contributed by atoms with E-state index >= 15 is 0 Å². The SMILES string of the molecule is Nc1c(S(=O)(=O)O)cc(Nc2ccc(S(=O)(=O)[O-])cc2)c2c1C(=O)c1ccccc1C2=O.[Na+]. The summed E-state index contributed by atoms with van der Waals surface area (Å²) < 4.78 is 66.7. The van der Waals surface area contributed by atoms with Crippen LogP contribution >= 0.6 is 0 Å². The van der Waals surface area contributed by atoms with Crippen LogP contribution in [0.15, 0.2) is 64.4 Å². The Balaban J connectivity index is 0.00000306. The van der Waals surface area contributed by atoms with Gasteiger partial charge >= 0.3 is 29.6 Å². The number of carbonyl (C=O) groups excluding carboxylic acids is 2. The number of benzene rings is 3. The van der Waals surface area contributed by atoms with Gasteiger partial charge in [0.2, 0.25) is 0 Å². The monoisotopic (exact) mass is 496 g/mol. The molecule has 0 saturated carbocycles. The molecule has 164 valence electrons. The topological polar surface area (TPSA) is 184 Å². The molecule has 4 N–H and O–H groups in total. The predicted molar refractivity (Wildman–Crippen MR) is 112 cm³/mol. The average Bonchev–Trinajstić information content (AvgIpc) is 2.72. The third-order valence-corrected chi connectivity index (χ3v) is 6.64. The summed E-state index contributed by atoms with van der Waals surface area (Å²) in [7, 11) is -9.57. The van der Waals surface area contributed by atoms with Crippen LogP contribution in [0.1, 0.15) is 31.8 Å². The van der Waals surface area contributed by atoms with Crippen molar-refractivity contribution < 1.29 is 65.1 Å². The molecule has 0 heterocycles. The normalized spacial score (nSPS) is 13.0. The number of carbonyl (C=O) groups is 2. The molecule has 0 spiro atoms. The first kappa shape index (κ1) is 25.1. The van der Waals surface area contributed by atoms with Crippen LogP contribution in [0.2, 0.25) is 0 Å². The number of ketones is 2. The molecule has 0 unspecified atom stereocenters. The zero-order chi connectivity index (χ0) is 23.4. The fourth-order valence-corrected chi connectivity index (χ4v) is 4.58. The molecule has 0 saturated heterocycles. The standard InChI is InChI=1S/C20H14N2O8S2.Na/c21-18-15(32(28,29)30)9-14(22-10-5-7-11(8-6-10)31(25,26)27)16-17(18)20(24)13-4-2-1-3-12(13)19(16)23;/h1-9,22H,21H2,(H,25,26,27)(H,28,29,30);/q;+1/p-1. The first-order valence-electron chi connectivity index (χ1n) is 8.85. The third kappa shape index (κ3) is 4.46. The maximum absolute atomic E-state index is 13.2. The Morgan fingerprint density at radius 2 is 1.36 bits per heavy atom. The first-order chi connectivity index (χ1) is 14.9. The minimum Gasteiger partial charge on any atom is -0.744 e. The Morgan fingerprint density at radius 1 is 0.848 bits per heavy atom. The Labute approximate surface area is 210 Å². The number of hydrogen-bond donors (Lipinski definition) is 3. The molecule has 1 aliphatic rings. The van der Waals surface area contributed by atoms with Crippen LogP contribution in [-0.4, -0.2) is 37.5 Å². The molecule has 0 atom stereocenters. The van der Waals surface area contributed by atoms with Gasteiger partial charge in [-0.2, -0.15) is 8.42 Å². The molecule has 0 bridgehead atoms. The van der Waals surface area contributed by atoms with E-state index in [0.717, 1.165) is 18.2 Å². The van der Waals surface area contributed by atoms with Gasteiger partial charge in [-0.05, 0) is 30.3 Å². The molecule has 0 aliphatic heterocycles. The smallest absolute Gasteiger partial charge is 0.744 e. The number of rotatable bonds is 4. The van der Waals surface area contributed by atoms with E-state index < -0.39 is 47.3 Å². The Bertz CT molecular complexity index is 1530. The van der Waals surface area contributed by atoms with Crippen molar-refractivity contribution in [2.24, 2.45) is 0 Å². The maximum atomic E-state index is 13.2. The van der Waals surface area contributed by atoms with Crippen LogP contribution in [0.4, 0.5) is 17.1 Å². The summed E-state index contributed by atoms with van der Waals surface area (Å²) in [6.07, 6.45) is 0. The van der Waals surface area contributed by atoms with Crippen molar-refractivity contribution in [2.75, 3.05) is 11.1 Å². The van der Waals surface area contributed by atoms with E-state index in [2.05, 4.69) is 5.32 Å². The summed E-state index contributed by atoms with van der Waals surface area (Å²) >= 11 is 0. The van der Waals surface area contributed by atoms with Gasteiger partial charge in [-0.15, -0.1) is 0 Å². The number of fused-ring (bicyclic) bond motifs is 2. The molecule has 1 aliphatic carbocycles. The fraction of sp³-hybridized carbons (Fsp3) is 0. The minimum absolute atomic E-state index is 0. The Hall–Kier alpha value is -2.58. The van der Waals surface area contributed by atoms with E-state index in [1.165, 1.54) is 30.3 Å².